The second-order valence-corrected chi connectivity index (χ2v) is 10.7. The van der Waals surface area contributed by atoms with Crippen LogP contribution >= 0.6 is 0 Å². The summed E-state index contributed by atoms with van der Waals surface area (Å²) in [6, 6.07) is 19.1. The van der Waals surface area contributed by atoms with Crippen LogP contribution in [0.2, 0.25) is 0 Å². The lowest BCUT2D eigenvalue weighted by Crippen LogP contribution is -2.36. The summed E-state index contributed by atoms with van der Waals surface area (Å²) in [5, 5.41) is 0. The van der Waals surface area contributed by atoms with Gasteiger partial charge in [-0.05, 0) is 41.8 Å². The van der Waals surface area contributed by atoms with Gasteiger partial charge in [0, 0.05) is 31.7 Å². The van der Waals surface area contributed by atoms with Crippen molar-refractivity contribution in [2.24, 2.45) is 0 Å². The molecule has 3 aromatic carbocycles. The van der Waals surface area contributed by atoms with E-state index in [0.717, 1.165) is 11.1 Å². The van der Waals surface area contributed by atoms with Gasteiger partial charge in [0.2, 0.25) is 13.6 Å². The molecule has 1 aromatic heterocycles. The van der Waals surface area contributed by atoms with Gasteiger partial charge in [0.05, 0.1) is 5.69 Å². The van der Waals surface area contributed by atoms with Crippen molar-refractivity contribution in [3.05, 3.63) is 89.2 Å². The Morgan fingerprint density at radius 1 is 0.750 bits per heavy atom. The maximum atomic E-state index is 15.3. The summed E-state index contributed by atoms with van der Waals surface area (Å²) >= 11 is 0. The number of rotatable bonds is 11. The third-order valence-electron chi connectivity index (χ3n) is 7.55. The Morgan fingerprint density at radius 3 is 1.86 bits per heavy atom. The van der Waals surface area contributed by atoms with Crippen molar-refractivity contribution >= 4 is 0 Å². The summed E-state index contributed by atoms with van der Waals surface area (Å²) in [6.07, 6.45) is -4.57. The maximum Gasteiger partial charge on any atom is 0.459 e. The lowest BCUT2D eigenvalue weighted by molar-refractivity contribution is -0.291. The lowest BCUT2D eigenvalue weighted by Gasteiger charge is -2.26. The van der Waals surface area contributed by atoms with Gasteiger partial charge in [-0.2, -0.15) is 22.0 Å². The van der Waals surface area contributed by atoms with E-state index in [4.69, 9.17) is 18.9 Å². The van der Waals surface area contributed by atoms with Crippen LogP contribution in [0.15, 0.2) is 66.7 Å². The number of benzene rings is 3. The van der Waals surface area contributed by atoms with Gasteiger partial charge in [-0.15, -0.1) is 0 Å². The molecule has 4 aromatic rings. The molecule has 0 bridgehead atoms. The third-order valence-corrected chi connectivity index (χ3v) is 7.55. The molecule has 2 aliphatic heterocycles. The largest absolute Gasteiger partial charge is 0.459 e. The van der Waals surface area contributed by atoms with E-state index in [1.54, 1.807) is 59.5 Å². The van der Waals surface area contributed by atoms with Crippen LogP contribution in [0.1, 0.15) is 42.3 Å². The van der Waals surface area contributed by atoms with Crippen molar-refractivity contribution in [2.75, 3.05) is 13.6 Å². The molecule has 3 heterocycles. The Hall–Kier alpha value is -4.32. The number of alkyl halides is 5. The average Bonchev–Trinajstić information content (AvgIpc) is 3.74. The van der Waals surface area contributed by atoms with Crippen LogP contribution in [0.25, 0.3) is 11.4 Å². The molecule has 7 nitrogen and oxygen atoms in total. The summed E-state index contributed by atoms with van der Waals surface area (Å²) in [6.45, 7) is 2.48. The number of fused-ring (bicyclic) bond motifs is 2. The zero-order chi connectivity index (χ0) is 30.9. The fraction of sp³-hybridized carbons (Fsp3) is 0.344. The highest BCUT2D eigenvalue weighted by molar-refractivity contribution is 5.57. The molecule has 0 saturated heterocycles. The van der Waals surface area contributed by atoms with E-state index >= 15 is 8.78 Å². The third kappa shape index (κ3) is 5.90. The molecule has 0 saturated carbocycles. The van der Waals surface area contributed by atoms with E-state index in [-0.39, 0.29) is 51.3 Å². The molecule has 0 atom stereocenters. The molecular formula is C32H30F5N3O4. The van der Waals surface area contributed by atoms with Crippen LogP contribution in [-0.2, 0) is 32.1 Å². The van der Waals surface area contributed by atoms with Gasteiger partial charge in [0.25, 0.3) is 0 Å². The summed E-state index contributed by atoms with van der Waals surface area (Å²) in [5.74, 6) is -2.88. The fourth-order valence-electron chi connectivity index (χ4n) is 5.37. The number of halogens is 5. The van der Waals surface area contributed by atoms with Crippen LogP contribution in [0, 0.1) is 0 Å². The van der Waals surface area contributed by atoms with Gasteiger partial charge in [-0.25, -0.2) is 4.98 Å². The highest BCUT2D eigenvalue weighted by Crippen LogP contribution is 2.46. The molecule has 44 heavy (non-hydrogen) atoms. The minimum absolute atomic E-state index is 0.0686. The van der Waals surface area contributed by atoms with Crippen molar-refractivity contribution in [3.8, 4) is 34.4 Å². The Balaban J connectivity index is 1.45. The number of hydrogen-bond acceptors (Lipinski definition) is 6. The van der Waals surface area contributed by atoms with Crippen molar-refractivity contribution in [1.29, 1.82) is 0 Å². The van der Waals surface area contributed by atoms with E-state index in [1.165, 1.54) is 4.57 Å². The molecule has 0 amide bonds. The quantitative estimate of drug-likeness (QED) is 0.162. The highest BCUT2D eigenvalue weighted by atomic mass is 19.4. The normalized spacial score (nSPS) is 14.1. The summed E-state index contributed by atoms with van der Waals surface area (Å²) in [7, 11) is 0. The van der Waals surface area contributed by atoms with E-state index in [2.05, 4.69) is 4.98 Å². The standard InChI is InChI=1S/C32H30F5N3O4/c1-2-3-13-40-24(29(31(33,34)32(35,36)37)38-30(40)23-7-5-4-6-8-23)18-39(16-21-9-11-25-27(14-21)43-19-41-25)17-22-10-12-26-28(15-22)44-20-42-26/h4-12,14-15H,2-3,13,16-20H2,1H3. The zero-order valence-corrected chi connectivity index (χ0v) is 23.9. The predicted molar refractivity (Wildman–Crippen MR) is 151 cm³/mol. The number of ether oxygens (including phenoxy) is 4. The molecule has 232 valence electrons. The minimum Gasteiger partial charge on any atom is -0.454 e. The van der Waals surface area contributed by atoms with Gasteiger partial charge in [0.15, 0.2) is 23.0 Å². The van der Waals surface area contributed by atoms with Crippen LogP contribution < -0.4 is 18.9 Å². The monoisotopic (exact) mass is 615 g/mol. The van der Waals surface area contributed by atoms with Gasteiger partial charge >= 0.3 is 12.1 Å². The van der Waals surface area contributed by atoms with Crippen molar-refractivity contribution < 1.29 is 40.9 Å². The molecule has 0 fully saturated rings. The van der Waals surface area contributed by atoms with Gasteiger partial charge in [-0.1, -0.05) is 55.8 Å². The first kappa shape index (κ1) is 29.7. The molecule has 0 aliphatic carbocycles. The molecular weight excluding hydrogens is 585 g/mol. The fourth-order valence-corrected chi connectivity index (χ4v) is 5.37. The van der Waals surface area contributed by atoms with Gasteiger partial charge in [-0.3, -0.25) is 4.90 Å². The van der Waals surface area contributed by atoms with E-state index in [1.807, 2.05) is 19.1 Å². The second-order valence-electron chi connectivity index (χ2n) is 10.7. The Labute approximate surface area is 250 Å². The van der Waals surface area contributed by atoms with E-state index < -0.39 is 17.8 Å². The van der Waals surface area contributed by atoms with Crippen LogP contribution in [0.5, 0.6) is 23.0 Å². The molecule has 0 spiro atoms. The highest BCUT2D eigenvalue weighted by Gasteiger charge is 2.61. The molecule has 0 radical (unpaired) electrons. The maximum absolute atomic E-state index is 15.3. The van der Waals surface area contributed by atoms with Crippen molar-refractivity contribution in [3.63, 3.8) is 0 Å². The average molecular weight is 616 g/mol. The van der Waals surface area contributed by atoms with Crippen molar-refractivity contribution in [1.82, 2.24) is 14.5 Å². The van der Waals surface area contributed by atoms with E-state index in [0.29, 0.717) is 41.4 Å². The summed E-state index contributed by atoms with van der Waals surface area (Å²) in [5.41, 5.74) is 0.499. The van der Waals surface area contributed by atoms with Crippen LogP contribution in [0.4, 0.5) is 22.0 Å². The zero-order valence-electron chi connectivity index (χ0n) is 23.9. The van der Waals surface area contributed by atoms with Crippen LogP contribution in [0.3, 0.4) is 0 Å². The molecule has 0 unspecified atom stereocenters. The van der Waals surface area contributed by atoms with Crippen LogP contribution in [-0.4, -0.2) is 34.2 Å². The first-order valence-electron chi connectivity index (χ1n) is 14.2. The first-order chi connectivity index (χ1) is 21.1. The van der Waals surface area contributed by atoms with Gasteiger partial charge < -0.3 is 23.5 Å². The number of imidazole rings is 1. The molecule has 6 rings (SSSR count). The predicted octanol–water partition coefficient (Wildman–Crippen LogP) is 7.66. The molecule has 2 aliphatic rings. The summed E-state index contributed by atoms with van der Waals surface area (Å²) < 4.78 is 95.7. The number of unbranched alkanes of at least 4 members (excludes halogenated alkanes) is 1. The van der Waals surface area contributed by atoms with E-state index in [9.17, 15) is 13.2 Å². The first-order valence-corrected chi connectivity index (χ1v) is 14.2. The lowest BCUT2D eigenvalue weighted by atomic mass is 10.1. The Morgan fingerprint density at radius 2 is 1.32 bits per heavy atom. The smallest absolute Gasteiger partial charge is 0.454 e. The number of aromatic nitrogens is 2. The molecule has 12 heteroatoms. The minimum atomic E-state index is -5.83. The van der Waals surface area contributed by atoms with Gasteiger partial charge in [0.1, 0.15) is 11.5 Å². The topological polar surface area (TPSA) is 58.0 Å². The SMILES string of the molecule is CCCCn1c(-c2ccccc2)nc(C(F)(F)C(F)(F)F)c1CN(Cc1ccc2c(c1)OCO2)Cc1ccc2c(c1)OCO2. The number of nitrogens with zero attached hydrogens (tertiary/aromatic N) is 3. The molecule has 0 N–H and O–H groups in total. The Bertz CT molecular complexity index is 1560. The van der Waals surface area contributed by atoms with Crippen molar-refractivity contribution in [2.45, 2.75) is 58.0 Å². The number of hydrogen-bond donors (Lipinski definition) is 0. The summed E-state index contributed by atoms with van der Waals surface area (Å²) in [4.78, 5) is 5.83. The second kappa shape index (κ2) is 12.0. The Kier molecular flexibility index (Phi) is 8.10.